The van der Waals surface area contributed by atoms with Crippen LogP contribution in [-0.2, 0) is 9.53 Å². The molecular weight excluding hydrogens is 222 g/mol. The Hall–Kier alpha value is -1.16. The van der Waals surface area contributed by atoms with E-state index in [1.165, 1.54) is 0 Å². The van der Waals surface area contributed by atoms with Crippen LogP contribution in [0.25, 0.3) is 0 Å². The number of carbonyl (C=O) groups is 1. The second kappa shape index (κ2) is 7.22. The second-order valence-corrected chi connectivity index (χ2v) is 4.13. The summed E-state index contributed by atoms with van der Waals surface area (Å²) in [6, 6.07) is 2.01. The van der Waals surface area contributed by atoms with Crippen LogP contribution < -0.4 is 0 Å². The zero-order valence-corrected chi connectivity index (χ0v) is 10.1. The summed E-state index contributed by atoms with van der Waals surface area (Å²) < 4.78 is 5.30. The van der Waals surface area contributed by atoms with Gasteiger partial charge in [0.05, 0.1) is 38.4 Å². The Labute approximate surface area is 101 Å². The number of hydrogen-bond acceptors (Lipinski definition) is 5. The van der Waals surface area contributed by atoms with Gasteiger partial charge in [-0.05, 0) is 0 Å². The van der Waals surface area contributed by atoms with Crippen molar-refractivity contribution in [3.8, 4) is 6.07 Å². The third-order valence-electron chi connectivity index (χ3n) is 2.77. The molecule has 1 aliphatic heterocycles. The van der Waals surface area contributed by atoms with E-state index in [1.54, 1.807) is 11.9 Å². The summed E-state index contributed by atoms with van der Waals surface area (Å²) in [7, 11) is 1.70. The van der Waals surface area contributed by atoms with Crippen molar-refractivity contribution in [3.63, 3.8) is 0 Å². The highest BCUT2D eigenvalue weighted by Crippen LogP contribution is 2.04. The van der Waals surface area contributed by atoms with E-state index < -0.39 is 0 Å². The number of rotatable bonds is 5. The van der Waals surface area contributed by atoms with Crippen LogP contribution in [0.3, 0.4) is 0 Å². The first-order chi connectivity index (χ1) is 8.17. The summed E-state index contributed by atoms with van der Waals surface area (Å²) in [4.78, 5) is 15.3. The van der Waals surface area contributed by atoms with Gasteiger partial charge in [-0.1, -0.05) is 0 Å². The van der Waals surface area contributed by atoms with Gasteiger partial charge in [0.1, 0.15) is 0 Å². The first-order valence-corrected chi connectivity index (χ1v) is 5.73. The minimum atomic E-state index is -0.194. The highest BCUT2D eigenvalue weighted by Gasteiger charge is 2.22. The summed E-state index contributed by atoms with van der Waals surface area (Å²) in [5, 5.41) is 17.4. The molecule has 0 saturated carbocycles. The summed E-state index contributed by atoms with van der Waals surface area (Å²) >= 11 is 0. The van der Waals surface area contributed by atoms with Crippen LogP contribution in [0, 0.1) is 11.3 Å². The fourth-order valence-corrected chi connectivity index (χ4v) is 1.69. The third kappa shape index (κ3) is 4.69. The van der Waals surface area contributed by atoms with Crippen molar-refractivity contribution >= 4 is 5.91 Å². The summed E-state index contributed by atoms with van der Waals surface area (Å²) in [5.41, 5.74) is 0. The van der Waals surface area contributed by atoms with Crippen molar-refractivity contribution in [2.24, 2.45) is 0 Å². The van der Waals surface area contributed by atoms with Gasteiger partial charge >= 0.3 is 0 Å². The van der Waals surface area contributed by atoms with E-state index in [2.05, 4.69) is 0 Å². The topological polar surface area (TPSA) is 76.8 Å². The van der Waals surface area contributed by atoms with Gasteiger partial charge in [0.2, 0.25) is 5.91 Å². The largest absolute Gasteiger partial charge is 0.394 e. The fraction of sp³-hybridized carbons (Fsp3) is 0.818. The summed E-state index contributed by atoms with van der Waals surface area (Å²) in [6.07, 6.45) is 0.158. The predicted molar refractivity (Wildman–Crippen MR) is 61.1 cm³/mol. The predicted octanol–water partition coefficient (Wildman–Crippen LogP) is -0.948. The lowest BCUT2D eigenvalue weighted by molar-refractivity contribution is -0.133. The van der Waals surface area contributed by atoms with Crippen molar-refractivity contribution < 1.29 is 14.6 Å². The van der Waals surface area contributed by atoms with Crippen LogP contribution in [-0.4, -0.2) is 73.4 Å². The van der Waals surface area contributed by atoms with E-state index in [9.17, 15) is 4.79 Å². The van der Waals surface area contributed by atoms with Gasteiger partial charge in [-0.2, -0.15) is 5.26 Å². The maximum absolute atomic E-state index is 11.8. The van der Waals surface area contributed by atoms with E-state index in [0.717, 1.165) is 0 Å². The van der Waals surface area contributed by atoms with Gasteiger partial charge < -0.3 is 14.7 Å². The number of nitriles is 1. The van der Waals surface area contributed by atoms with Gasteiger partial charge in [0.25, 0.3) is 0 Å². The van der Waals surface area contributed by atoms with Crippen molar-refractivity contribution in [2.45, 2.75) is 12.5 Å². The summed E-state index contributed by atoms with van der Waals surface area (Å²) in [5.74, 6) is -0.00107. The van der Waals surface area contributed by atoms with Gasteiger partial charge in [0.15, 0.2) is 0 Å². The van der Waals surface area contributed by atoms with Crippen molar-refractivity contribution in [2.75, 3.05) is 46.4 Å². The first kappa shape index (κ1) is 13.9. The molecule has 0 aromatic carbocycles. The number of aliphatic hydroxyl groups excluding tert-OH is 1. The van der Waals surface area contributed by atoms with Crippen LogP contribution in [0.5, 0.6) is 0 Å². The van der Waals surface area contributed by atoms with Gasteiger partial charge in [0, 0.05) is 26.7 Å². The van der Waals surface area contributed by atoms with Crippen molar-refractivity contribution in [1.82, 2.24) is 9.80 Å². The van der Waals surface area contributed by atoms with Crippen LogP contribution in [0.4, 0.5) is 0 Å². The molecule has 17 heavy (non-hydrogen) atoms. The minimum absolute atomic E-state index is 0.00107. The van der Waals surface area contributed by atoms with E-state index in [0.29, 0.717) is 39.2 Å². The molecule has 1 unspecified atom stereocenters. The van der Waals surface area contributed by atoms with E-state index in [-0.39, 0.29) is 18.6 Å². The molecule has 1 fully saturated rings. The lowest BCUT2D eigenvalue weighted by Crippen LogP contribution is -2.48. The Kier molecular flexibility index (Phi) is 5.91. The highest BCUT2D eigenvalue weighted by atomic mass is 16.5. The molecule has 0 bridgehead atoms. The number of aliphatic hydroxyl groups is 1. The smallest absolute Gasteiger partial charge is 0.236 e. The average molecular weight is 241 g/mol. The molecule has 0 radical (unpaired) electrons. The average Bonchev–Trinajstić information content (AvgIpc) is 2.36. The van der Waals surface area contributed by atoms with Crippen LogP contribution in [0.15, 0.2) is 0 Å². The van der Waals surface area contributed by atoms with E-state index >= 15 is 0 Å². The van der Waals surface area contributed by atoms with Crippen molar-refractivity contribution in [3.05, 3.63) is 0 Å². The molecule has 0 aliphatic carbocycles. The molecule has 0 aromatic rings. The SMILES string of the molecule is CN(CCC#N)C(=O)CN1CCOC(CO)C1. The Morgan fingerprint density at radius 3 is 3.12 bits per heavy atom. The van der Waals surface area contributed by atoms with E-state index in [1.807, 2.05) is 11.0 Å². The van der Waals surface area contributed by atoms with Crippen LogP contribution in [0.1, 0.15) is 6.42 Å². The molecular formula is C11H19N3O3. The summed E-state index contributed by atoms with van der Waals surface area (Å²) in [6.45, 7) is 2.59. The zero-order valence-electron chi connectivity index (χ0n) is 10.1. The Bertz CT molecular complexity index is 290. The molecule has 1 saturated heterocycles. The van der Waals surface area contributed by atoms with E-state index in [4.69, 9.17) is 15.1 Å². The number of ether oxygens (including phenoxy) is 1. The number of amides is 1. The number of carbonyl (C=O) groups excluding carboxylic acids is 1. The van der Waals surface area contributed by atoms with Crippen LogP contribution in [0.2, 0.25) is 0 Å². The standard InChI is InChI=1S/C11H19N3O3/c1-13(4-2-3-12)11(16)8-14-5-6-17-10(7-14)9-15/h10,15H,2,4-9H2,1H3. The Morgan fingerprint density at radius 1 is 1.71 bits per heavy atom. The lowest BCUT2D eigenvalue weighted by Gasteiger charge is -2.32. The molecule has 1 N–H and O–H groups in total. The number of nitrogens with zero attached hydrogens (tertiary/aromatic N) is 3. The first-order valence-electron chi connectivity index (χ1n) is 5.73. The highest BCUT2D eigenvalue weighted by molar-refractivity contribution is 5.78. The zero-order chi connectivity index (χ0) is 12.7. The Morgan fingerprint density at radius 2 is 2.47 bits per heavy atom. The normalized spacial score (nSPS) is 20.9. The quantitative estimate of drug-likeness (QED) is 0.671. The van der Waals surface area contributed by atoms with Crippen molar-refractivity contribution in [1.29, 1.82) is 5.26 Å². The molecule has 1 atom stereocenters. The minimum Gasteiger partial charge on any atom is -0.394 e. The maximum Gasteiger partial charge on any atom is 0.236 e. The molecule has 1 aliphatic rings. The lowest BCUT2D eigenvalue weighted by atomic mass is 10.3. The molecule has 96 valence electrons. The third-order valence-corrected chi connectivity index (χ3v) is 2.77. The molecule has 1 rings (SSSR count). The number of likely N-dealkylation sites (N-methyl/N-ethyl adjacent to an activating group) is 1. The molecule has 1 amide bonds. The molecule has 6 heteroatoms. The van der Waals surface area contributed by atoms with Gasteiger partial charge in [-0.3, -0.25) is 9.69 Å². The Balaban J connectivity index is 2.32. The van der Waals surface area contributed by atoms with Gasteiger partial charge in [-0.15, -0.1) is 0 Å². The maximum atomic E-state index is 11.8. The molecule has 0 aromatic heterocycles. The second-order valence-electron chi connectivity index (χ2n) is 4.13. The fourth-order valence-electron chi connectivity index (χ4n) is 1.69. The molecule has 6 nitrogen and oxygen atoms in total. The number of morpholine rings is 1. The number of hydrogen-bond donors (Lipinski definition) is 1. The van der Waals surface area contributed by atoms with Gasteiger partial charge in [-0.25, -0.2) is 0 Å². The molecule has 0 spiro atoms. The van der Waals surface area contributed by atoms with Crippen LogP contribution >= 0.6 is 0 Å². The monoisotopic (exact) mass is 241 g/mol. The molecule has 1 heterocycles.